The molecule has 138 valence electrons. The highest BCUT2D eigenvalue weighted by atomic mass is 16.5. The number of hydrogen-bond acceptors (Lipinski definition) is 9. The number of fused-ring (bicyclic) bond motifs is 1. The van der Waals surface area contributed by atoms with Crippen LogP contribution in [0.4, 0.5) is 5.82 Å². The fourth-order valence-corrected chi connectivity index (χ4v) is 2.64. The minimum atomic E-state index is 0.326. The van der Waals surface area contributed by atoms with Crippen LogP contribution in [-0.4, -0.2) is 48.5 Å². The molecular formula is C17H18N8O2. The monoisotopic (exact) mass is 366 g/mol. The smallest absolute Gasteiger partial charge is 0.228 e. The molecule has 0 bridgehead atoms. The van der Waals surface area contributed by atoms with Crippen molar-refractivity contribution in [3.63, 3.8) is 0 Å². The summed E-state index contributed by atoms with van der Waals surface area (Å²) in [6.45, 7) is 0.893. The number of rotatable bonds is 7. The highest BCUT2D eigenvalue weighted by molar-refractivity contribution is 5.86. The Kier molecular flexibility index (Phi) is 4.71. The van der Waals surface area contributed by atoms with Crippen LogP contribution in [-0.2, 0) is 24.8 Å². The molecule has 0 atom stereocenters. The molecule has 1 N–H and O–H groups in total. The molecule has 10 nitrogen and oxygen atoms in total. The van der Waals surface area contributed by atoms with Gasteiger partial charge in [0.2, 0.25) is 11.7 Å². The Morgan fingerprint density at radius 3 is 2.96 bits per heavy atom. The van der Waals surface area contributed by atoms with Gasteiger partial charge in [0.05, 0.1) is 11.6 Å². The number of nitrogens with one attached hydrogen (secondary N) is 1. The van der Waals surface area contributed by atoms with E-state index in [4.69, 9.17) is 9.26 Å². The zero-order valence-electron chi connectivity index (χ0n) is 15.0. The summed E-state index contributed by atoms with van der Waals surface area (Å²) < 4.78 is 12.2. The topological polar surface area (TPSA) is 117 Å². The van der Waals surface area contributed by atoms with Gasteiger partial charge in [0, 0.05) is 33.3 Å². The lowest BCUT2D eigenvalue weighted by Gasteiger charge is -2.07. The van der Waals surface area contributed by atoms with Crippen molar-refractivity contribution in [1.29, 1.82) is 0 Å². The number of hydrogen-bond donors (Lipinski definition) is 1. The van der Waals surface area contributed by atoms with Gasteiger partial charge >= 0.3 is 0 Å². The van der Waals surface area contributed by atoms with Gasteiger partial charge < -0.3 is 14.6 Å². The average Bonchev–Trinajstić information content (AvgIpc) is 3.30. The molecule has 4 rings (SSSR count). The van der Waals surface area contributed by atoms with Crippen LogP contribution in [0.3, 0.4) is 0 Å². The summed E-state index contributed by atoms with van der Waals surface area (Å²) in [5.74, 6) is 2.29. The quantitative estimate of drug-likeness (QED) is 0.520. The standard InChI is InChI=1S/C17H18N8O2/c1-25-17-11(9-20-25)15(21-13(22-17)10-26-2)19-8-6-14-23-16(24-27-14)12-5-3-4-7-18-12/h3-5,7,9H,6,8,10H2,1-2H3,(H,19,21,22). The second-order valence-electron chi connectivity index (χ2n) is 5.83. The highest BCUT2D eigenvalue weighted by Crippen LogP contribution is 2.20. The minimum absolute atomic E-state index is 0.326. The van der Waals surface area contributed by atoms with Crippen LogP contribution in [0.2, 0.25) is 0 Å². The minimum Gasteiger partial charge on any atom is -0.377 e. The Labute approximate surface area is 154 Å². The Bertz CT molecular complexity index is 1040. The van der Waals surface area contributed by atoms with E-state index in [1.165, 1.54) is 0 Å². The second kappa shape index (κ2) is 7.46. The van der Waals surface area contributed by atoms with Crippen LogP contribution in [0, 0.1) is 0 Å². The molecule has 0 aliphatic carbocycles. The van der Waals surface area contributed by atoms with Gasteiger partial charge in [-0.25, -0.2) is 9.97 Å². The lowest BCUT2D eigenvalue weighted by Crippen LogP contribution is -2.10. The summed E-state index contributed by atoms with van der Waals surface area (Å²) in [4.78, 5) is 17.6. The van der Waals surface area contributed by atoms with E-state index >= 15 is 0 Å². The molecule has 0 aromatic carbocycles. The first-order valence-electron chi connectivity index (χ1n) is 8.40. The Hall–Kier alpha value is -3.40. The van der Waals surface area contributed by atoms with Gasteiger partial charge in [-0.15, -0.1) is 0 Å². The number of anilines is 1. The molecule has 0 amide bonds. The van der Waals surface area contributed by atoms with Gasteiger partial charge in [0.15, 0.2) is 11.5 Å². The molecule has 4 aromatic rings. The first-order valence-corrected chi connectivity index (χ1v) is 8.40. The third-order valence-corrected chi connectivity index (χ3v) is 3.91. The number of aromatic nitrogens is 7. The van der Waals surface area contributed by atoms with E-state index in [-0.39, 0.29) is 0 Å². The second-order valence-corrected chi connectivity index (χ2v) is 5.83. The summed E-state index contributed by atoms with van der Waals surface area (Å²) in [5, 5.41) is 12.4. The van der Waals surface area contributed by atoms with Gasteiger partial charge in [0.1, 0.15) is 18.1 Å². The molecule has 0 radical (unpaired) electrons. The molecule has 0 aliphatic rings. The van der Waals surface area contributed by atoms with Crippen LogP contribution in [0.5, 0.6) is 0 Å². The third-order valence-electron chi connectivity index (χ3n) is 3.91. The SMILES string of the molecule is COCc1nc(NCCc2nc(-c3ccccn3)no2)c2cnn(C)c2n1. The van der Waals surface area contributed by atoms with E-state index in [0.29, 0.717) is 48.6 Å². The van der Waals surface area contributed by atoms with Gasteiger partial charge in [-0.3, -0.25) is 9.67 Å². The lowest BCUT2D eigenvalue weighted by molar-refractivity contribution is 0.178. The first kappa shape index (κ1) is 17.0. The van der Waals surface area contributed by atoms with Crippen molar-refractivity contribution in [3.05, 3.63) is 42.3 Å². The Balaban J connectivity index is 1.47. The van der Waals surface area contributed by atoms with Crippen LogP contribution in [0.25, 0.3) is 22.6 Å². The van der Waals surface area contributed by atoms with Crippen molar-refractivity contribution in [2.24, 2.45) is 7.05 Å². The maximum atomic E-state index is 5.30. The van der Waals surface area contributed by atoms with Crippen LogP contribution >= 0.6 is 0 Å². The van der Waals surface area contributed by atoms with Gasteiger partial charge in [0.25, 0.3) is 0 Å². The van der Waals surface area contributed by atoms with Crippen LogP contribution in [0.1, 0.15) is 11.7 Å². The molecule has 0 unspecified atom stereocenters. The Morgan fingerprint density at radius 2 is 2.15 bits per heavy atom. The maximum absolute atomic E-state index is 5.30. The van der Waals surface area contributed by atoms with Crippen molar-refractivity contribution in [2.45, 2.75) is 13.0 Å². The molecule has 4 heterocycles. The van der Waals surface area contributed by atoms with Crippen LogP contribution in [0.15, 0.2) is 35.1 Å². The predicted molar refractivity (Wildman–Crippen MR) is 96.7 cm³/mol. The highest BCUT2D eigenvalue weighted by Gasteiger charge is 2.13. The summed E-state index contributed by atoms with van der Waals surface area (Å²) in [5.41, 5.74) is 1.42. The molecule has 0 fully saturated rings. The number of pyridine rings is 1. The number of nitrogens with zero attached hydrogens (tertiary/aromatic N) is 7. The number of ether oxygens (including phenoxy) is 1. The van der Waals surface area contributed by atoms with E-state index in [2.05, 4.69) is 35.5 Å². The molecule has 0 saturated heterocycles. The molecule has 10 heteroatoms. The molecule has 0 saturated carbocycles. The van der Waals surface area contributed by atoms with Crippen molar-refractivity contribution < 1.29 is 9.26 Å². The van der Waals surface area contributed by atoms with Gasteiger partial charge in [-0.2, -0.15) is 10.1 Å². The molecule has 0 aliphatic heterocycles. The van der Waals surface area contributed by atoms with Gasteiger partial charge in [-0.1, -0.05) is 11.2 Å². The summed E-state index contributed by atoms with van der Waals surface area (Å²) in [6.07, 6.45) is 3.98. The molecule has 4 aromatic heterocycles. The molecule has 27 heavy (non-hydrogen) atoms. The van der Waals surface area contributed by atoms with Crippen molar-refractivity contribution in [2.75, 3.05) is 19.0 Å². The van der Waals surface area contributed by atoms with Gasteiger partial charge in [-0.05, 0) is 12.1 Å². The van der Waals surface area contributed by atoms with E-state index in [1.807, 2.05) is 25.2 Å². The summed E-state index contributed by atoms with van der Waals surface area (Å²) in [6, 6.07) is 5.56. The van der Waals surface area contributed by atoms with E-state index in [0.717, 1.165) is 11.0 Å². The van der Waals surface area contributed by atoms with E-state index < -0.39 is 0 Å². The van der Waals surface area contributed by atoms with E-state index in [9.17, 15) is 0 Å². The van der Waals surface area contributed by atoms with Crippen molar-refractivity contribution >= 4 is 16.9 Å². The van der Waals surface area contributed by atoms with Crippen molar-refractivity contribution in [1.82, 2.24) is 34.9 Å². The fourth-order valence-electron chi connectivity index (χ4n) is 2.64. The lowest BCUT2D eigenvalue weighted by atomic mass is 10.3. The number of aryl methyl sites for hydroxylation is 1. The summed E-state index contributed by atoms with van der Waals surface area (Å²) in [7, 11) is 3.45. The molecule has 0 spiro atoms. The van der Waals surface area contributed by atoms with E-state index in [1.54, 1.807) is 24.2 Å². The predicted octanol–water partition coefficient (Wildman–Crippen LogP) is 1.61. The normalized spacial score (nSPS) is 11.2. The zero-order valence-corrected chi connectivity index (χ0v) is 15.0. The third kappa shape index (κ3) is 3.60. The summed E-state index contributed by atoms with van der Waals surface area (Å²) >= 11 is 0. The maximum Gasteiger partial charge on any atom is 0.228 e. The fraction of sp³-hybridized carbons (Fsp3) is 0.294. The average molecular weight is 366 g/mol. The first-order chi connectivity index (χ1) is 13.2. The molecular weight excluding hydrogens is 348 g/mol. The number of methoxy groups -OCH3 is 1. The largest absolute Gasteiger partial charge is 0.377 e. The van der Waals surface area contributed by atoms with Crippen molar-refractivity contribution in [3.8, 4) is 11.5 Å². The zero-order chi connectivity index (χ0) is 18.6. The van der Waals surface area contributed by atoms with Crippen LogP contribution < -0.4 is 5.32 Å². The Morgan fingerprint density at radius 1 is 1.22 bits per heavy atom.